The van der Waals surface area contributed by atoms with Crippen LogP contribution < -0.4 is 9.64 Å². The molecule has 0 aromatic carbocycles. The van der Waals surface area contributed by atoms with E-state index in [-0.39, 0.29) is 5.75 Å². The second-order valence-electron chi connectivity index (χ2n) is 12.3. The Morgan fingerprint density at radius 2 is 1.67 bits per heavy atom. The molecule has 0 N–H and O–H groups in total. The van der Waals surface area contributed by atoms with Crippen molar-refractivity contribution in [1.29, 1.82) is 0 Å². The van der Waals surface area contributed by atoms with Crippen molar-refractivity contribution in [3.63, 3.8) is 0 Å². The minimum atomic E-state index is -3.27. The molecule has 6 heterocycles. The summed E-state index contributed by atoms with van der Waals surface area (Å²) in [4.78, 5) is 23.8. The first kappa shape index (κ1) is 29.7. The lowest BCUT2D eigenvalue weighted by Gasteiger charge is -2.40. The van der Waals surface area contributed by atoms with Gasteiger partial charge < -0.3 is 14.5 Å². The van der Waals surface area contributed by atoms with E-state index in [9.17, 15) is 8.42 Å². The van der Waals surface area contributed by atoms with Crippen LogP contribution in [0.5, 0.6) is 5.88 Å². The molecule has 42 heavy (non-hydrogen) atoms. The third kappa shape index (κ3) is 6.59. The first-order valence-corrected chi connectivity index (χ1v) is 18.4. The standard InChI is InChI=1S/C31H44N6O3S2/c1-22-26(20-35-16-10-25(11-17-35)36-12-6-4-7-13-36)28-29(41-22)27(33-31(34-28)37-14-8-5-9-15-37)23-18-24(21-42(3,38)39)30(40-2)32-19-23/h18-19,25H,4-17,20-21H2,1-3H3. The summed E-state index contributed by atoms with van der Waals surface area (Å²) in [6.45, 7) is 9.77. The van der Waals surface area contributed by atoms with E-state index in [0.29, 0.717) is 11.4 Å². The van der Waals surface area contributed by atoms with Crippen molar-refractivity contribution in [2.75, 3.05) is 57.5 Å². The number of fused-ring (bicyclic) bond motifs is 1. The van der Waals surface area contributed by atoms with Gasteiger partial charge in [-0.1, -0.05) is 6.42 Å². The van der Waals surface area contributed by atoms with E-state index in [1.54, 1.807) is 17.5 Å². The molecule has 0 atom stereocenters. The van der Waals surface area contributed by atoms with Crippen molar-refractivity contribution in [1.82, 2.24) is 24.8 Å². The number of ether oxygens (including phenoxy) is 1. The van der Waals surface area contributed by atoms with E-state index < -0.39 is 9.84 Å². The second-order valence-corrected chi connectivity index (χ2v) is 15.7. The Morgan fingerprint density at radius 3 is 2.33 bits per heavy atom. The van der Waals surface area contributed by atoms with Gasteiger partial charge >= 0.3 is 0 Å². The van der Waals surface area contributed by atoms with Gasteiger partial charge in [0.2, 0.25) is 11.8 Å². The zero-order valence-corrected chi connectivity index (χ0v) is 26.9. The summed E-state index contributed by atoms with van der Waals surface area (Å²) in [6.07, 6.45) is 13.1. The van der Waals surface area contributed by atoms with Crippen LogP contribution in [0.3, 0.4) is 0 Å². The van der Waals surface area contributed by atoms with Crippen molar-refractivity contribution in [3.05, 3.63) is 28.3 Å². The van der Waals surface area contributed by atoms with Crippen molar-refractivity contribution in [2.45, 2.75) is 76.6 Å². The summed E-state index contributed by atoms with van der Waals surface area (Å²) < 4.78 is 30.9. The lowest BCUT2D eigenvalue weighted by molar-refractivity contribution is 0.0898. The number of anilines is 1. The van der Waals surface area contributed by atoms with Gasteiger partial charge in [0.1, 0.15) is 0 Å². The van der Waals surface area contributed by atoms with Gasteiger partial charge in [-0.15, -0.1) is 11.3 Å². The first-order chi connectivity index (χ1) is 20.3. The minimum absolute atomic E-state index is 0.133. The average Bonchev–Trinajstić information content (AvgIpc) is 3.31. The number of pyridine rings is 1. The van der Waals surface area contributed by atoms with Crippen molar-refractivity contribution >= 4 is 37.3 Å². The monoisotopic (exact) mass is 612 g/mol. The van der Waals surface area contributed by atoms with Gasteiger partial charge in [-0.3, -0.25) is 4.90 Å². The normalized spacial score (nSPS) is 19.9. The molecule has 3 aliphatic heterocycles. The highest BCUT2D eigenvalue weighted by Crippen LogP contribution is 2.39. The highest BCUT2D eigenvalue weighted by atomic mass is 32.2. The number of nitrogens with zero attached hydrogens (tertiary/aromatic N) is 6. The van der Waals surface area contributed by atoms with Gasteiger partial charge in [0.15, 0.2) is 9.84 Å². The van der Waals surface area contributed by atoms with Crippen molar-refractivity contribution in [3.8, 4) is 17.1 Å². The van der Waals surface area contributed by atoms with Gasteiger partial charge in [0, 0.05) is 59.7 Å². The number of piperidine rings is 3. The molecule has 3 aliphatic rings. The molecular weight excluding hydrogens is 569 g/mol. The summed E-state index contributed by atoms with van der Waals surface area (Å²) in [5.74, 6) is 0.967. The van der Waals surface area contributed by atoms with E-state index >= 15 is 0 Å². The number of thiophene rings is 1. The molecule has 0 bridgehead atoms. The van der Waals surface area contributed by atoms with Crippen LogP contribution in [0.25, 0.3) is 21.5 Å². The van der Waals surface area contributed by atoms with Gasteiger partial charge in [0.25, 0.3) is 0 Å². The summed E-state index contributed by atoms with van der Waals surface area (Å²) in [5, 5.41) is 0. The Kier molecular flexibility index (Phi) is 9.00. The maximum atomic E-state index is 12.2. The minimum Gasteiger partial charge on any atom is -0.481 e. The Balaban J connectivity index is 1.35. The highest BCUT2D eigenvalue weighted by molar-refractivity contribution is 7.89. The van der Waals surface area contributed by atoms with Crippen LogP contribution in [-0.2, 0) is 22.1 Å². The van der Waals surface area contributed by atoms with Crippen LogP contribution in [0.1, 0.15) is 67.4 Å². The maximum absolute atomic E-state index is 12.2. The number of rotatable bonds is 8. The van der Waals surface area contributed by atoms with Crippen LogP contribution in [-0.4, -0.2) is 91.8 Å². The van der Waals surface area contributed by atoms with E-state index in [4.69, 9.17) is 14.7 Å². The number of hydrogen-bond acceptors (Lipinski definition) is 10. The number of methoxy groups -OCH3 is 1. The van der Waals surface area contributed by atoms with Crippen LogP contribution in [0, 0.1) is 6.92 Å². The average molecular weight is 613 g/mol. The lowest BCUT2D eigenvalue weighted by atomic mass is 9.99. The third-order valence-electron chi connectivity index (χ3n) is 9.11. The molecule has 0 unspecified atom stereocenters. The van der Waals surface area contributed by atoms with E-state index in [1.807, 2.05) is 6.07 Å². The fourth-order valence-corrected chi connectivity index (χ4v) is 8.77. The Bertz CT molecular complexity index is 1500. The summed E-state index contributed by atoms with van der Waals surface area (Å²) >= 11 is 1.74. The topological polar surface area (TPSA) is 91.8 Å². The predicted molar refractivity (Wildman–Crippen MR) is 170 cm³/mol. The molecule has 0 spiro atoms. The third-order valence-corrected chi connectivity index (χ3v) is 11.1. The largest absolute Gasteiger partial charge is 0.481 e. The van der Waals surface area contributed by atoms with E-state index in [1.165, 1.54) is 75.4 Å². The number of hydrogen-bond donors (Lipinski definition) is 0. The molecule has 0 amide bonds. The van der Waals surface area contributed by atoms with Gasteiger partial charge in [-0.05, 0) is 84.1 Å². The molecule has 0 saturated carbocycles. The van der Waals surface area contributed by atoms with Crippen molar-refractivity contribution in [2.24, 2.45) is 0 Å². The number of aryl methyl sites for hydroxylation is 1. The molecule has 3 aromatic heterocycles. The molecule has 3 aromatic rings. The number of likely N-dealkylation sites (tertiary alicyclic amines) is 2. The second kappa shape index (κ2) is 12.7. The number of sulfone groups is 1. The maximum Gasteiger partial charge on any atom is 0.226 e. The van der Waals surface area contributed by atoms with Gasteiger partial charge in [0.05, 0.1) is 28.8 Å². The summed E-state index contributed by atoms with van der Waals surface area (Å²) in [7, 11) is -1.75. The Hall–Kier alpha value is -2.34. The highest BCUT2D eigenvalue weighted by Gasteiger charge is 2.28. The first-order valence-electron chi connectivity index (χ1n) is 15.5. The summed E-state index contributed by atoms with van der Waals surface area (Å²) in [6, 6.07) is 2.61. The molecule has 3 saturated heterocycles. The molecule has 0 radical (unpaired) electrons. The molecule has 6 rings (SSSR count). The Morgan fingerprint density at radius 1 is 0.976 bits per heavy atom. The van der Waals surface area contributed by atoms with Crippen molar-refractivity contribution < 1.29 is 13.2 Å². The van der Waals surface area contributed by atoms with Crippen LogP contribution in [0.4, 0.5) is 5.95 Å². The molecule has 9 nitrogen and oxygen atoms in total. The molecule has 3 fully saturated rings. The van der Waals surface area contributed by atoms with E-state index in [0.717, 1.165) is 79.0 Å². The zero-order chi connectivity index (χ0) is 29.3. The smallest absolute Gasteiger partial charge is 0.226 e. The SMILES string of the molecule is COc1ncc(-c2nc(N3CCCCC3)nc3c(CN4CCC(N5CCCCC5)CC4)c(C)sc23)cc1CS(C)(=O)=O. The lowest BCUT2D eigenvalue weighted by Crippen LogP contribution is -2.46. The number of aromatic nitrogens is 3. The van der Waals surface area contributed by atoms with Gasteiger partial charge in [-0.2, -0.15) is 0 Å². The fourth-order valence-electron chi connectivity index (χ4n) is 6.89. The molecule has 228 valence electrons. The predicted octanol–water partition coefficient (Wildman–Crippen LogP) is 5.06. The van der Waals surface area contributed by atoms with Crippen LogP contribution >= 0.6 is 11.3 Å². The molecule has 11 heteroatoms. The zero-order valence-electron chi connectivity index (χ0n) is 25.3. The van der Waals surface area contributed by atoms with E-state index in [2.05, 4.69) is 26.6 Å². The Labute approximate surface area is 254 Å². The summed E-state index contributed by atoms with van der Waals surface area (Å²) in [5.41, 5.74) is 4.51. The van der Waals surface area contributed by atoms with Crippen LogP contribution in [0.2, 0.25) is 0 Å². The molecule has 0 aliphatic carbocycles. The fraction of sp³-hybridized carbons (Fsp3) is 0.645. The molecular formula is C31H44N6O3S2. The van der Waals surface area contributed by atoms with Gasteiger partial charge in [-0.25, -0.2) is 23.4 Å². The quantitative estimate of drug-likeness (QED) is 0.346. The van der Waals surface area contributed by atoms with Crippen LogP contribution in [0.15, 0.2) is 12.3 Å².